The first-order chi connectivity index (χ1) is 20.6. The number of carboxylic acids is 1. The van der Waals surface area contributed by atoms with Gasteiger partial charge in [-0.25, -0.2) is 13.8 Å². The highest BCUT2D eigenvalue weighted by Crippen LogP contribution is 2.45. The van der Waals surface area contributed by atoms with E-state index in [1.165, 1.54) is 4.90 Å². The molecule has 2 aromatic rings. The summed E-state index contributed by atoms with van der Waals surface area (Å²) in [6.45, 7) is -0.306. The number of alkyl halides is 4. The largest absolute Gasteiger partial charge is 0.497 e. The third-order valence-corrected chi connectivity index (χ3v) is 8.98. The molecule has 1 unspecified atom stereocenters. The number of aromatic nitrogens is 1. The number of likely N-dealkylation sites (tertiary alicyclic amines) is 1. The van der Waals surface area contributed by atoms with Gasteiger partial charge >= 0.3 is 18.3 Å². The molecule has 1 saturated heterocycles. The van der Waals surface area contributed by atoms with Gasteiger partial charge in [-0.2, -0.15) is 8.78 Å². The maximum Gasteiger partial charge on any atom is 0.319 e. The first-order valence-corrected chi connectivity index (χ1v) is 15.2. The molecule has 7 nitrogen and oxygen atoms in total. The second-order valence-electron chi connectivity index (χ2n) is 12.1. The molecule has 1 aliphatic heterocycles. The first-order valence-electron chi connectivity index (χ1n) is 15.2. The number of benzene rings is 1. The number of pyridine rings is 1. The normalized spacial score (nSPS) is 22.7. The smallest absolute Gasteiger partial charge is 0.319 e. The van der Waals surface area contributed by atoms with Gasteiger partial charge in [0.15, 0.2) is 0 Å². The molecule has 11 heteroatoms. The van der Waals surface area contributed by atoms with Gasteiger partial charge in [-0.05, 0) is 105 Å². The minimum atomic E-state index is -4.01. The van der Waals surface area contributed by atoms with E-state index >= 15 is 0 Å². The summed E-state index contributed by atoms with van der Waals surface area (Å²) in [6, 6.07) is 9.44. The zero-order valence-corrected chi connectivity index (χ0v) is 24.4. The summed E-state index contributed by atoms with van der Waals surface area (Å²) in [5.41, 5.74) is 1.94. The first kappa shape index (κ1) is 31.3. The fourth-order valence-electron chi connectivity index (χ4n) is 6.43. The Bertz CT molecular complexity index is 1230. The molecule has 0 bridgehead atoms. The second kappa shape index (κ2) is 13.7. The van der Waals surface area contributed by atoms with Crippen LogP contribution in [0.2, 0.25) is 0 Å². The molecule has 2 heterocycles. The number of hydrogen-bond acceptors (Lipinski definition) is 6. The van der Waals surface area contributed by atoms with Gasteiger partial charge in [0, 0.05) is 18.3 Å². The van der Waals surface area contributed by atoms with E-state index in [1.54, 1.807) is 13.3 Å². The summed E-state index contributed by atoms with van der Waals surface area (Å²) in [4.78, 5) is 17.2. The molecular weight excluding hydrogens is 568 g/mol. The Labute approximate surface area is 249 Å². The number of halogens is 4. The van der Waals surface area contributed by atoms with E-state index in [0.717, 1.165) is 49.7 Å². The molecule has 1 N–H and O–H groups in total. The summed E-state index contributed by atoms with van der Waals surface area (Å²) < 4.78 is 70.6. The Kier molecular flexibility index (Phi) is 9.99. The van der Waals surface area contributed by atoms with Crippen LogP contribution in [0.1, 0.15) is 80.8 Å². The molecule has 5 rings (SSSR count). The van der Waals surface area contributed by atoms with E-state index in [4.69, 9.17) is 14.2 Å². The minimum Gasteiger partial charge on any atom is -0.497 e. The van der Waals surface area contributed by atoms with Crippen molar-refractivity contribution in [3.05, 3.63) is 47.7 Å². The van der Waals surface area contributed by atoms with E-state index in [1.807, 2.05) is 30.3 Å². The van der Waals surface area contributed by atoms with E-state index in [2.05, 4.69) is 4.98 Å². The van der Waals surface area contributed by atoms with Gasteiger partial charge in [-0.15, -0.1) is 0 Å². The molecule has 1 aromatic heterocycles. The predicted molar refractivity (Wildman–Crippen MR) is 152 cm³/mol. The number of hydrogen-bond donors (Lipinski definition) is 1. The number of methoxy groups -OCH3 is 1. The quantitative estimate of drug-likeness (QED) is 0.248. The molecule has 1 atom stereocenters. The highest BCUT2D eigenvalue weighted by molar-refractivity contribution is 5.68. The summed E-state index contributed by atoms with van der Waals surface area (Å²) in [5.74, 6) is -2.47. The molecule has 3 aliphatic rings. The lowest BCUT2D eigenvalue weighted by molar-refractivity contribution is -0.143. The van der Waals surface area contributed by atoms with Gasteiger partial charge < -0.3 is 19.3 Å². The van der Waals surface area contributed by atoms with Crippen molar-refractivity contribution in [2.75, 3.05) is 26.7 Å². The van der Waals surface area contributed by atoms with Crippen molar-refractivity contribution in [3.8, 4) is 17.4 Å². The van der Waals surface area contributed by atoms with Crippen LogP contribution in [0.15, 0.2) is 36.5 Å². The number of carboxylic acid groups (broad SMARTS) is 1. The molecule has 236 valence electrons. The average molecular weight is 609 g/mol. The predicted octanol–water partition coefficient (Wildman–Crippen LogP) is 6.91. The highest BCUT2D eigenvalue weighted by Gasteiger charge is 2.43. The zero-order valence-electron chi connectivity index (χ0n) is 24.4. The van der Waals surface area contributed by atoms with E-state index < -0.39 is 24.9 Å². The van der Waals surface area contributed by atoms with Crippen LogP contribution in [-0.2, 0) is 4.79 Å². The zero-order chi connectivity index (χ0) is 30.6. The average Bonchev–Trinajstić information content (AvgIpc) is 3.83. The summed E-state index contributed by atoms with van der Waals surface area (Å²) in [7, 11) is 1.58. The summed E-state index contributed by atoms with van der Waals surface area (Å²) >= 11 is 0. The Morgan fingerprint density at radius 1 is 1.00 bits per heavy atom. The lowest BCUT2D eigenvalue weighted by Crippen LogP contribution is -2.44. The maximum atomic E-state index is 13.6. The number of nitrogens with zero attached hydrogens (tertiary/aromatic N) is 2. The number of ether oxygens (including phenoxy) is 3. The Morgan fingerprint density at radius 2 is 1.67 bits per heavy atom. The lowest BCUT2D eigenvalue weighted by atomic mass is 9.88. The molecular formula is C32H40F4N2O5. The standard InChI is InChI=1S/C32H40F4N2O5/c1-41-25-8-9-26(21-11-14-38(15-12-21)19-32(35,36)31(33)34)28(17-25)42-23-4-6-24(7-5-23)43-29-16-22(10-13-37-29)27(18-30(39)40)20-2-3-20/h8-10,13,16-17,20-21,23-24,27,31H,2-7,11-12,14-15,18-19H2,1H3,(H,39,40)/t23-,24+,27?. The fraction of sp³-hybridized carbons (Fsp3) is 0.625. The molecule has 43 heavy (non-hydrogen) atoms. The van der Waals surface area contributed by atoms with Crippen LogP contribution in [0.3, 0.4) is 0 Å². The summed E-state index contributed by atoms with van der Waals surface area (Å²) in [5, 5.41) is 9.35. The maximum absolute atomic E-state index is 13.6. The monoisotopic (exact) mass is 608 g/mol. The fourth-order valence-corrected chi connectivity index (χ4v) is 6.43. The van der Waals surface area contributed by atoms with E-state index in [9.17, 15) is 27.5 Å². The molecule has 3 fully saturated rings. The Morgan fingerprint density at radius 3 is 2.28 bits per heavy atom. The van der Waals surface area contributed by atoms with Crippen molar-refractivity contribution in [2.45, 2.75) is 94.2 Å². The number of rotatable bonds is 13. The molecule has 0 amide bonds. The SMILES string of the molecule is COc1ccc(C2CCN(CC(F)(F)C(F)F)CC2)c(O[C@H]2CC[C@@H](Oc3cc(C(CC(=O)O)C4CC4)ccn3)CC2)c1. The van der Waals surface area contributed by atoms with Crippen molar-refractivity contribution in [3.63, 3.8) is 0 Å². The number of piperidine rings is 1. The molecule has 0 radical (unpaired) electrons. The Balaban J connectivity index is 1.16. The number of carbonyl (C=O) groups is 1. The molecule has 2 aliphatic carbocycles. The van der Waals surface area contributed by atoms with E-state index in [0.29, 0.717) is 49.2 Å². The molecule has 0 spiro atoms. The van der Waals surface area contributed by atoms with Crippen molar-refractivity contribution < 1.29 is 41.7 Å². The van der Waals surface area contributed by atoms with Crippen molar-refractivity contribution in [1.82, 2.24) is 9.88 Å². The summed E-state index contributed by atoms with van der Waals surface area (Å²) in [6.07, 6.45) is 4.39. The van der Waals surface area contributed by atoms with Crippen LogP contribution in [0, 0.1) is 5.92 Å². The van der Waals surface area contributed by atoms with Crippen LogP contribution in [0.25, 0.3) is 0 Å². The lowest BCUT2D eigenvalue weighted by Gasteiger charge is -2.35. The van der Waals surface area contributed by atoms with Crippen LogP contribution in [0.5, 0.6) is 17.4 Å². The molecule has 2 saturated carbocycles. The topological polar surface area (TPSA) is 81.1 Å². The van der Waals surface area contributed by atoms with Crippen molar-refractivity contribution in [1.29, 1.82) is 0 Å². The third-order valence-electron chi connectivity index (χ3n) is 8.98. The minimum absolute atomic E-state index is 0.0186. The van der Waals surface area contributed by atoms with Gasteiger partial charge in [0.05, 0.1) is 26.2 Å². The van der Waals surface area contributed by atoms with Crippen LogP contribution < -0.4 is 14.2 Å². The molecule has 1 aromatic carbocycles. The van der Waals surface area contributed by atoms with Crippen LogP contribution >= 0.6 is 0 Å². The van der Waals surface area contributed by atoms with Gasteiger partial charge in [-0.3, -0.25) is 9.69 Å². The Hall–Kier alpha value is -3.08. The van der Waals surface area contributed by atoms with E-state index in [-0.39, 0.29) is 30.5 Å². The van der Waals surface area contributed by atoms with Gasteiger partial charge in [0.25, 0.3) is 0 Å². The van der Waals surface area contributed by atoms with Crippen molar-refractivity contribution in [2.24, 2.45) is 5.92 Å². The second-order valence-corrected chi connectivity index (χ2v) is 12.1. The number of aliphatic carboxylic acids is 1. The van der Waals surface area contributed by atoms with Crippen LogP contribution in [0.4, 0.5) is 17.6 Å². The van der Waals surface area contributed by atoms with Gasteiger partial charge in [-0.1, -0.05) is 6.07 Å². The van der Waals surface area contributed by atoms with Gasteiger partial charge in [0.1, 0.15) is 17.6 Å². The van der Waals surface area contributed by atoms with Crippen LogP contribution in [-0.4, -0.2) is 72.3 Å². The highest BCUT2D eigenvalue weighted by atomic mass is 19.3. The third kappa shape index (κ3) is 8.31. The van der Waals surface area contributed by atoms with Crippen molar-refractivity contribution >= 4 is 5.97 Å². The van der Waals surface area contributed by atoms with Gasteiger partial charge in [0.2, 0.25) is 5.88 Å².